The zero-order valence-corrected chi connectivity index (χ0v) is 12.5. The number of hydrogen-bond acceptors (Lipinski definition) is 5. The maximum Gasteiger partial charge on any atom is 0.240 e. The first-order valence-corrected chi connectivity index (χ1v) is 7.65. The summed E-state index contributed by atoms with van der Waals surface area (Å²) in [6.45, 7) is 1.42. The minimum atomic E-state index is -3.78. The number of nitrogens with two attached hydrogens (primary N) is 1. The van der Waals surface area contributed by atoms with Gasteiger partial charge in [-0.2, -0.15) is 0 Å². The van der Waals surface area contributed by atoms with Crippen molar-refractivity contribution in [3.8, 4) is 0 Å². The summed E-state index contributed by atoms with van der Waals surface area (Å²) in [6.07, 6.45) is 1.47. The number of hydrogen-bond donors (Lipinski definition) is 2. The summed E-state index contributed by atoms with van der Waals surface area (Å²) in [5.41, 5.74) is 5.82. The number of rotatable bonds is 5. The Balaban J connectivity index is 2.27. The van der Waals surface area contributed by atoms with Crippen molar-refractivity contribution in [2.75, 3.05) is 0 Å². The normalized spacial score (nSPS) is 11.8. The van der Waals surface area contributed by atoms with Crippen molar-refractivity contribution in [3.63, 3.8) is 0 Å². The standard InChI is InChI=1S/C12H16FN5O2S/c1-8-3-10(4-9(5-14)12(8)13)21(19,20)16-6-11-17-15-7-18(11)2/h3-4,7,16H,5-6,14H2,1-2H3. The maximum absolute atomic E-state index is 13.7. The molecular weight excluding hydrogens is 297 g/mol. The molecule has 0 spiro atoms. The third-order valence-electron chi connectivity index (χ3n) is 3.06. The van der Waals surface area contributed by atoms with Crippen LogP contribution >= 0.6 is 0 Å². The Morgan fingerprint density at radius 2 is 2.14 bits per heavy atom. The SMILES string of the molecule is Cc1cc(S(=O)(=O)NCc2nncn2C)cc(CN)c1F. The van der Waals surface area contributed by atoms with Crippen LogP contribution in [0.4, 0.5) is 4.39 Å². The number of nitrogens with zero attached hydrogens (tertiary/aromatic N) is 3. The lowest BCUT2D eigenvalue weighted by molar-refractivity contribution is 0.574. The van der Waals surface area contributed by atoms with Gasteiger partial charge in [-0.25, -0.2) is 17.5 Å². The van der Waals surface area contributed by atoms with Gasteiger partial charge in [-0.15, -0.1) is 10.2 Å². The van der Waals surface area contributed by atoms with Crippen molar-refractivity contribution < 1.29 is 12.8 Å². The van der Waals surface area contributed by atoms with Gasteiger partial charge >= 0.3 is 0 Å². The van der Waals surface area contributed by atoms with Crippen LogP contribution < -0.4 is 10.5 Å². The summed E-state index contributed by atoms with van der Waals surface area (Å²) in [4.78, 5) is -0.0241. The fourth-order valence-corrected chi connectivity index (χ4v) is 2.94. The van der Waals surface area contributed by atoms with E-state index in [1.165, 1.54) is 25.4 Å². The Kier molecular flexibility index (Phi) is 4.35. The summed E-state index contributed by atoms with van der Waals surface area (Å²) in [5.74, 6) is -0.0128. The fraction of sp³-hybridized carbons (Fsp3) is 0.333. The van der Waals surface area contributed by atoms with E-state index in [9.17, 15) is 12.8 Å². The predicted octanol–water partition coefficient (Wildman–Crippen LogP) is 0.200. The predicted molar refractivity (Wildman–Crippen MR) is 74.1 cm³/mol. The molecule has 7 nitrogen and oxygen atoms in total. The van der Waals surface area contributed by atoms with Gasteiger partial charge in [0.1, 0.15) is 18.0 Å². The molecule has 2 aromatic rings. The van der Waals surface area contributed by atoms with E-state index >= 15 is 0 Å². The molecule has 0 fully saturated rings. The van der Waals surface area contributed by atoms with Gasteiger partial charge in [-0.05, 0) is 24.6 Å². The van der Waals surface area contributed by atoms with Gasteiger partial charge in [-0.1, -0.05) is 0 Å². The molecule has 0 bridgehead atoms. The molecule has 2 rings (SSSR count). The molecule has 0 saturated heterocycles. The van der Waals surface area contributed by atoms with Crippen LogP contribution in [0.1, 0.15) is 17.0 Å². The van der Waals surface area contributed by atoms with Gasteiger partial charge in [0.05, 0.1) is 11.4 Å². The van der Waals surface area contributed by atoms with Crippen LogP contribution in [-0.2, 0) is 30.2 Å². The third kappa shape index (κ3) is 3.26. The average molecular weight is 313 g/mol. The molecule has 1 heterocycles. The molecule has 0 saturated carbocycles. The Labute approximate surface area is 122 Å². The van der Waals surface area contributed by atoms with Gasteiger partial charge in [0, 0.05) is 19.2 Å². The minimum absolute atomic E-state index is 0.00673. The summed E-state index contributed by atoms with van der Waals surface area (Å²) in [6, 6.07) is 2.51. The summed E-state index contributed by atoms with van der Waals surface area (Å²) in [7, 11) is -2.07. The molecule has 0 aliphatic carbocycles. The average Bonchev–Trinajstić information content (AvgIpc) is 2.85. The topological polar surface area (TPSA) is 103 Å². The molecule has 21 heavy (non-hydrogen) atoms. The molecule has 3 N–H and O–H groups in total. The molecule has 0 atom stereocenters. The van der Waals surface area contributed by atoms with Crippen LogP contribution in [0, 0.1) is 12.7 Å². The van der Waals surface area contributed by atoms with E-state index in [0.717, 1.165) is 0 Å². The number of sulfonamides is 1. The molecule has 0 amide bonds. The minimum Gasteiger partial charge on any atom is -0.326 e. The highest BCUT2D eigenvalue weighted by atomic mass is 32.2. The Hall–Kier alpha value is -1.84. The Bertz CT molecular complexity index is 757. The zero-order chi connectivity index (χ0) is 15.6. The van der Waals surface area contributed by atoms with Crippen LogP contribution in [0.25, 0.3) is 0 Å². The highest BCUT2D eigenvalue weighted by Gasteiger charge is 2.18. The lowest BCUT2D eigenvalue weighted by atomic mass is 10.1. The van der Waals surface area contributed by atoms with E-state index in [4.69, 9.17) is 5.73 Å². The number of aryl methyl sites for hydroxylation is 2. The van der Waals surface area contributed by atoms with Crippen molar-refractivity contribution in [1.82, 2.24) is 19.5 Å². The molecule has 9 heteroatoms. The van der Waals surface area contributed by atoms with Crippen LogP contribution in [-0.4, -0.2) is 23.2 Å². The van der Waals surface area contributed by atoms with Crippen LogP contribution in [0.2, 0.25) is 0 Å². The molecule has 0 aliphatic heterocycles. The highest BCUT2D eigenvalue weighted by Crippen LogP contribution is 2.19. The molecule has 1 aromatic heterocycles. The van der Waals surface area contributed by atoms with E-state index in [0.29, 0.717) is 5.82 Å². The summed E-state index contributed by atoms with van der Waals surface area (Å²) >= 11 is 0. The first-order chi connectivity index (χ1) is 9.85. The van der Waals surface area contributed by atoms with Crippen molar-refractivity contribution in [3.05, 3.63) is 41.2 Å². The molecule has 0 aliphatic rings. The monoisotopic (exact) mass is 313 g/mol. The van der Waals surface area contributed by atoms with E-state index in [1.807, 2.05) is 0 Å². The molecule has 0 unspecified atom stereocenters. The van der Waals surface area contributed by atoms with Crippen LogP contribution in [0.5, 0.6) is 0 Å². The number of halogens is 1. The van der Waals surface area contributed by atoms with Gasteiger partial charge < -0.3 is 10.3 Å². The largest absolute Gasteiger partial charge is 0.326 e. The second-order valence-electron chi connectivity index (χ2n) is 4.60. The van der Waals surface area contributed by atoms with E-state index in [-0.39, 0.29) is 29.1 Å². The van der Waals surface area contributed by atoms with Gasteiger partial charge in [0.15, 0.2) is 0 Å². The van der Waals surface area contributed by atoms with Crippen molar-refractivity contribution >= 4 is 10.0 Å². The van der Waals surface area contributed by atoms with Crippen LogP contribution in [0.3, 0.4) is 0 Å². The molecule has 114 valence electrons. The van der Waals surface area contributed by atoms with E-state index in [2.05, 4.69) is 14.9 Å². The van der Waals surface area contributed by atoms with E-state index in [1.54, 1.807) is 11.6 Å². The molecule has 1 aromatic carbocycles. The summed E-state index contributed by atoms with van der Waals surface area (Å²) in [5, 5.41) is 7.44. The first kappa shape index (κ1) is 15.5. The second-order valence-corrected chi connectivity index (χ2v) is 6.37. The quantitative estimate of drug-likeness (QED) is 0.821. The van der Waals surface area contributed by atoms with Crippen molar-refractivity contribution in [1.29, 1.82) is 0 Å². The van der Waals surface area contributed by atoms with Crippen molar-refractivity contribution in [2.24, 2.45) is 12.8 Å². The first-order valence-electron chi connectivity index (χ1n) is 6.16. The fourth-order valence-electron chi connectivity index (χ4n) is 1.82. The molecule has 0 radical (unpaired) electrons. The van der Waals surface area contributed by atoms with Crippen LogP contribution in [0.15, 0.2) is 23.4 Å². The van der Waals surface area contributed by atoms with Gasteiger partial charge in [0.25, 0.3) is 0 Å². The lowest BCUT2D eigenvalue weighted by Gasteiger charge is -2.10. The third-order valence-corrected chi connectivity index (χ3v) is 4.44. The molecular formula is C12H16FN5O2S. The Morgan fingerprint density at radius 1 is 1.43 bits per heavy atom. The van der Waals surface area contributed by atoms with Crippen molar-refractivity contribution in [2.45, 2.75) is 24.9 Å². The number of aromatic nitrogens is 3. The number of benzene rings is 1. The zero-order valence-electron chi connectivity index (χ0n) is 11.7. The maximum atomic E-state index is 13.7. The Morgan fingerprint density at radius 3 is 2.71 bits per heavy atom. The van der Waals surface area contributed by atoms with Gasteiger partial charge in [-0.3, -0.25) is 0 Å². The lowest BCUT2D eigenvalue weighted by Crippen LogP contribution is -2.25. The highest BCUT2D eigenvalue weighted by molar-refractivity contribution is 7.89. The van der Waals surface area contributed by atoms with Gasteiger partial charge in [0.2, 0.25) is 10.0 Å². The summed E-state index contributed by atoms with van der Waals surface area (Å²) < 4.78 is 42.2. The smallest absolute Gasteiger partial charge is 0.240 e. The second kappa shape index (κ2) is 5.88. The number of nitrogens with one attached hydrogen (secondary N) is 1. The van der Waals surface area contributed by atoms with E-state index < -0.39 is 15.8 Å².